The van der Waals surface area contributed by atoms with Gasteiger partial charge in [0.25, 0.3) is 0 Å². The normalized spacial score (nSPS) is 10.9. The summed E-state index contributed by atoms with van der Waals surface area (Å²) in [6.07, 6.45) is -2.28. The number of halogens is 3. The van der Waals surface area contributed by atoms with E-state index in [0.29, 0.717) is 11.9 Å². The van der Waals surface area contributed by atoms with Crippen LogP contribution in [0, 0.1) is 11.5 Å². The van der Waals surface area contributed by atoms with Gasteiger partial charge in [0.15, 0.2) is 10.9 Å². The summed E-state index contributed by atoms with van der Waals surface area (Å²) < 4.78 is 37.2. The quantitative estimate of drug-likeness (QED) is 0.450. The fraction of sp³-hybridized carbons (Fsp3) is 0.0769. The van der Waals surface area contributed by atoms with Crippen LogP contribution < -0.4 is 10.6 Å². The summed E-state index contributed by atoms with van der Waals surface area (Å²) in [5, 5.41) is 12.8. The van der Waals surface area contributed by atoms with Crippen LogP contribution in [0.4, 0.5) is 19.0 Å². The molecule has 0 unspecified atom stereocenters. The first-order chi connectivity index (χ1) is 10.4. The van der Waals surface area contributed by atoms with Gasteiger partial charge in [0.05, 0.1) is 5.56 Å². The molecule has 3 N–H and O–H groups in total. The fourth-order valence-corrected chi connectivity index (χ4v) is 1.60. The molecule has 5 nitrogen and oxygen atoms in total. The molecule has 1 radical (unpaired) electrons. The SMILES string of the molecule is N=C(NC(=S)Nc1[c]cc(C(F)(F)F)cn1)c1ccccn1. The summed E-state index contributed by atoms with van der Waals surface area (Å²) in [7, 11) is 0. The highest BCUT2D eigenvalue weighted by molar-refractivity contribution is 7.80. The van der Waals surface area contributed by atoms with E-state index < -0.39 is 11.7 Å². The number of amidine groups is 1. The summed E-state index contributed by atoms with van der Waals surface area (Å²) >= 11 is 4.95. The van der Waals surface area contributed by atoms with E-state index in [9.17, 15) is 13.2 Å². The van der Waals surface area contributed by atoms with E-state index in [4.69, 9.17) is 17.6 Å². The number of hydrogen-bond donors (Lipinski definition) is 3. The number of aromatic nitrogens is 2. The van der Waals surface area contributed by atoms with Crippen molar-refractivity contribution < 1.29 is 13.2 Å². The Balaban J connectivity index is 1.96. The minimum atomic E-state index is -4.47. The van der Waals surface area contributed by atoms with Crippen molar-refractivity contribution in [2.75, 3.05) is 5.32 Å². The van der Waals surface area contributed by atoms with Gasteiger partial charge in [-0.1, -0.05) is 6.07 Å². The molecule has 2 heterocycles. The van der Waals surface area contributed by atoms with Crippen molar-refractivity contribution in [3.63, 3.8) is 0 Å². The first kappa shape index (κ1) is 15.8. The summed E-state index contributed by atoms with van der Waals surface area (Å²) in [6.45, 7) is 0. The molecule has 9 heteroatoms. The highest BCUT2D eigenvalue weighted by atomic mass is 32.1. The number of nitrogens with one attached hydrogen (secondary N) is 3. The third-order valence-electron chi connectivity index (χ3n) is 2.42. The molecule has 0 aromatic carbocycles. The van der Waals surface area contributed by atoms with Crippen molar-refractivity contribution in [3.05, 3.63) is 54.0 Å². The van der Waals surface area contributed by atoms with Gasteiger partial charge in [-0.15, -0.1) is 0 Å². The van der Waals surface area contributed by atoms with Gasteiger partial charge in [-0.3, -0.25) is 10.4 Å². The topological polar surface area (TPSA) is 73.7 Å². The summed E-state index contributed by atoms with van der Waals surface area (Å²) in [5.41, 5.74) is -0.533. The third-order valence-corrected chi connectivity index (χ3v) is 2.62. The standard InChI is InChI=1S/C13H9F3N5S/c14-13(15,16)8-4-5-10(19-7-8)20-12(22)21-11(17)9-3-1-2-6-18-9/h1-4,6-7H,(H3,17,19,20,21,22). The Morgan fingerprint density at radius 2 is 2.05 bits per heavy atom. The number of nitrogens with zero attached hydrogens (tertiary/aromatic N) is 2. The maximum atomic E-state index is 12.4. The van der Waals surface area contributed by atoms with E-state index in [-0.39, 0.29) is 16.8 Å². The van der Waals surface area contributed by atoms with Gasteiger partial charge >= 0.3 is 6.18 Å². The largest absolute Gasteiger partial charge is 0.417 e. The molecule has 0 aliphatic rings. The maximum absolute atomic E-state index is 12.4. The first-order valence-electron chi connectivity index (χ1n) is 5.89. The van der Waals surface area contributed by atoms with Crippen LogP contribution in [0.1, 0.15) is 11.3 Å². The Morgan fingerprint density at radius 1 is 1.27 bits per heavy atom. The van der Waals surface area contributed by atoms with Crippen LogP contribution in [0.5, 0.6) is 0 Å². The number of alkyl halides is 3. The van der Waals surface area contributed by atoms with Crippen molar-refractivity contribution in [2.24, 2.45) is 0 Å². The van der Waals surface area contributed by atoms with Crippen molar-refractivity contribution in [3.8, 4) is 0 Å². The van der Waals surface area contributed by atoms with Crippen molar-refractivity contribution >= 4 is 29.0 Å². The lowest BCUT2D eigenvalue weighted by Crippen LogP contribution is -2.34. The van der Waals surface area contributed by atoms with Crippen molar-refractivity contribution in [2.45, 2.75) is 6.18 Å². The highest BCUT2D eigenvalue weighted by Gasteiger charge is 2.30. The highest BCUT2D eigenvalue weighted by Crippen LogP contribution is 2.28. The van der Waals surface area contributed by atoms with Crippen LogP contribution >= 0.6 is 12.2 Å². The molecule has 22 heavy (non-hydrogen) atoms. The molecule has 0 amide bonds. The van der Waals surface area contributed by atoms with Gasteiger partial charge < -0.3 is 10.6 Å². The van der Waals surface area contributed by atoms with Crippen molar-refractivity contribution in [1.82, 2.24) is 15.3 Å². The zero-order chi connectivity index (χ0) is 16.2. The predicted octanol–water partition coefficient (Wildman–Crippen LogP) is 2.61. The Kier molecular flexibility index (Phi) is 4.66. The minimum absolute atomic E-state index is 0.000776. The van der Waals surface area contributed by atoms with Crippen LogP contribution in [-0.2, 0) is 6.18 Å². The summed E-state index contributed by atoms with van der Waals surface area (Å²) in [4.78, 5) is 7.52. The van der Waals surface area contributed by atoms with Crippen LogP contribution in [0.25, 0.3) is 0 Å². The lowest BCUT2D eigenvalue weighted by atomic mass is 10.3. The van der Waals surface area contributed by atoms with E-state index >= 15 is 0 Å². The molecule has 0 bridgehead atoms. The van der Waals surface area contributed by atoms with Crippen LogP contribution in [-0.4, -0.2) is 20.9 Å². The second kappa shape index (κ2) is 6.48. The number of thiocarbonyl (C=S) groups is 1. The average Bonchev–Trinajstić information content (AvgIpc) is 2.47. The fourth-order valence-electron chi connectivity index (χ4n) is 1.41. The van der Waals surface area contributed by atoms with Crippen LogP contribution in [0.15, 0.2) is 36.7 Å². The van der Waals surface area contributed by atoms with E-state index in [2.05, 4.69) is 26.7 Å². The molecule has 0 saturated carbocycles. The maximum Gasteiger partial charge on any atom is 0.417 e. The molecule has 0 aliphatic heterocycles. The molecule has 2 rings (SSSR count). The Hall–Kier alpha value is -2.55. The van der Waals surface area contributed by atoms with E-state index in [0.717, 1.165) is 6.07 Å². The number of rotatable bonds is 2. The molecule has 0 atom stereocenters. The molecular weight excluding hydrogens is 315 g/mol. The molecule has 0 aliphatic carbocycles. The van der Waals surface area contributed by atoms with Gasteiger partial charge in [-0.2, -0.15) is 13.2 Å². The smallest absolute Gasteiger partial charge is 0.317 e. The lowest BCUT2D eigenvalue weighted by molar-refractivity contribution is -0.137. The van der Waals surface area contributed by atoms with E-state index in [1.165, 1.54) is 6.20 Å². The molecule has 113 valence electrons. The van der Waals surface area contributed by atoms with E-state index in [1.54, 1.807) is 18.2 Å². The molecular formula is C13H9F3N5S. The molecule has 0 fully saturated rings. The van der Waals surface area contributed by atoms with Gasteiger partial charge in [-0.25, -0.2) is 4.98 Å². The number of hydrogen-bond acceptors (Lipinski definition) is 4. The third kappa shape index (κ3) is 4.22. The number of anilines is 1. The Morgan fingerprint density at radius 3 is 2.59 bits per heavy atom. The molecule has 2 aromatic heterocycles. The monoisotopic (exact) mass is 324 g/mol. The predicted molar refractivity (Wildman–Crippen MR) is 78.5 cm³/mol. The van der Waals surface area contributed by atoms with Crippen molar-refractivity contribution in [1.29, 1.82) is 5.41 Å². The van der Waals surface area contributed by atoms with Crippen LogP contribution in [0.3, 0.4) is 0 Å². The van der Waals surface area contributed by atoms with Gasteiger partial charge in [0.2, 0.25) is 0 Å². The lowest BCUT2D eigenvalue weighted by Gasteiger charge is -2.11. The van der Waals surface area contributed by atoms with Gasteiger partial charge in [-0.05, 0) is 30.4 Å². The zero-order valence-corrected chi connectivity index (χ0v) is 11.7. The zero-order valence-electron chi connectivity index (χ0n) is 10.9. The molecule has 0 saturated heterocycles. The second-order valence-electron chi connectivity index (χ2n) is 4.02. The summed E-state index contributed by atoms with van der Waals surface area (Å²) in [5.74, 6) is -0.0377. The first-order valence-corrected chi connectivity index (χ1v) is 6.30. The Bertz CT molecular complexity index is 670. The average molecular weight is 324 g/mol. The molecule has 0 spiro atoms. The van der Waals surface area contributed by atoms with Gasteiger partial charge in [0.1, 0.15) is 11.5 Å². The van der Waals surface area contributed by atoms with Gasteiger partial charge in [0, 0.05) is 18.5 Å². The van der Waals surface area contributed by atoms with Crippen LogP contribution in [0.2, 0.25) is 0 Å². The second-order valence-corrected chi connectivity index (χ2v) is 4.43. The Labute approximate surface area is 129 Å². The summed E-state index contributed by atoms with van der Waals surface area (Å²) in [6, 6.07) is 8.12. The minimum Gasteiger partial charge on any atom is -0.317 e. The molecule has 2 aromatic rings. The van der Waals surface area contributed by atoms with E-state index in [1.807, 2.05) is 0 Å². The number of pyridine rings is 2.